The van der Waals surface area contributed by atoms with E-state index in [4.69, 9.17) is 0 Å². The second-order valence-electron chi connectivity index (χ2n) is 4.13. The van der Waals surface area contributed by atoms with Gasteiger partial charge in [0.2, 0.25) is 0 Å². The van der Waals surface area contributed by atoms with E-state index in [0.29, 0.717) is 12.4 Å². The third-order valence-corrected chi connectivity index (χ3v) is 3.68. The number of nitrogens with zero attached hydrogens (tertiary/aromatic N) is 1. The van der Waals surface area contributed by atoms with E-state index in [9.17, 15) is 12.8 Å². The highest BCUT2D eigenvalue weighted by atomic mass is 32.2. The molecule has 0 saturated carbocycles. The molecule has 1 heterocycles. The Balaban J connectivity index is 2.02. The van der Waals surface area contributed by atoms with Gasteiger partial charge in [-0.2, -0.15) is 0 Å². The van der Waals surface area contributed by atoms with Gasteiger partial charge in [-0.1, -0.05) is 12.1 Å². The van der Waals surface area contributed by atoms with Crippen LogP contribution in [0.4, 0.5) is 10.2 Å². The van der Waals surface area contributed by atoms with Crippen LogP contribution in [0, 0.1) is 5.82 Å². The first-order valence-electron chi connectivity index (χ1n) is 5.59. The lowest BCUT2D eigenvalue weighted by Crippen LogP contribution is -2.02. The molecule has 0 unspecified atom stereocenters. The Labute approximate surface area is 111 Å². The van der Waals surface area contributed by atoms with Crippen molar-refractivity contribution in [2.45, 2.75) is 11.4 Å². The van der Waals surface area contributed by atoms with E-state index in [1.165, 1.54) is 12.3 Å². The van der Waals surface area contributed by atoms with Gasteiger partial charge >= 0.3 is 0 Å². The summed E-state index contributed by atoms with van der Waals surface area (Å²) in [5.41, 5.74) is 0.915. The molecule has 1 aromatic carbocycles. The van der Waals surface area contributed by atoms with E-state index >= 15 is 0 Å². The van der Waals surface area contributed by atoms with Crippen LogP contribution in [0.3, 0.4) is 0 Å². The first-order valence-corrected chi connectivity index (χ1v) is 7.49. The molecule has 1 aromatic heterocycles. The summed E-state index contributed by atoms with van der Waals surface area (Å²) in [6.07, 6.45) is 2.30. The van der Waals surface area contributed by atoms with Crippen LogP contribution in [-0.2, 0) is 16.4 Å². The summed E-state index contributed by atoms with van der Waals surface area (Å²) < 4.78 is 35.2. The molecule has 0 fully saturated rings. The second-order valence-corrected chi connectivity index (χ2v) is 6.15. The quantitative estimate of drug-likeness (QED) is 0.933. The topological polar surface area (TPSA) is 59.1 Å². The van der Waals surface area contributed by atoms with Crippen LogP contribution in [-0.4, -0.2) is 19.7 Å². The van der Waals surface area contributed by atoms with Gasteiger partial charge in [0.25, 0.3) is 0 Å². The van der Waals surface area contributed by atoms with Crippen LogP contribution >= 0.6 is 0 Å². The normalized spacial score (nSPS) is 11.3. The molecule has 2 rings (SSSR count). The Morgan fingerprint density at radius 3 is 2.37 bits per heavy atom. The summed E-state index contributed by atoms with van der Waals surface area (Å²) in [6.45, 7) is 0.489. The van der Waals surface area contributed by atoms with Crippen molar-refractivity contribution < 1.29 is 12.8 Å². The SMILES string of the molecule is CS(=O)(=O)c1ccc(CNc2ccc(F)cn2)cc1. The molecule has 0 saturated heterocycles. The van der Waals surface area contributed by atoms with Crippen LogP contribution in [0.5, 0.6) is 0 Å². The third kappa shape index (κ3) is 3.75. The predicted octanol–water partition coefficient (Wildman–Crippen LogP) is 2.24. The maximum absolute atomic E-state index is 12.7. The molecule has 0 spiro atoms. The van der Waals surface area contributed by atoms with Gasteiger partial charge in [0.15, 0.2) is 9.84 Å². The highest BCUT2D eigenvalue weighted by Gasteiger charge is 2.05. The van der Waals surface area contributed by atoms with Crippen molar-refractivity contribution in [3.8, 4) is 0 Å². The zero-order chi connectivity index (χ0) is 13.9. The molecule has 100 valence electrons. The van der Waals surface area contributed by atoms with E-state index in [2.05, 4.69) is 10.3 Å². The minimum absolute atomic E-state index is 0.288. The molecule has 0 amide bonds. The Morgan fingerprint density at radius 1 is 1.16 bits per heavy atom. The monoisotopic (exact) mass is 280 g/mol. The molecule has 2 aromatic rings. The van der Waals surface area contributed by atoms with Crippen molar-refractivity contribution in [1.82, 2.24) is 4.98 Å². The Morgan fingerprint density at radius 2 is 1.84 bits per heavy atom. The van der Waals surface area contributed by atoms with Gasteiger partial charge in [-0.25, -0.2) is 17.8 Å². The highest BCUT2D eigenvalue weighted by Crippen LogP contribution is 2.12. The van der Waals surface area contributed by atoms with Crippen molar-refractivity contribution in [1.29, 1.82) is 0 Å². The van der Waals surface area contributed by atoms with Gasteiger partial charge in [-0.3, -0.25) is 0 Å². The van der Waals surface area contributed by atoms with E-state index < -0.39 is 9.84 Å². The minimum Gasteiger partial charge on any atom is -0.366 e. The molecule has 19 heavy (non-hydrogen) atoms. The molecule has 0 aliphatic carbocycles. The minimum atomic E-state index is -3.17. The maximum atomic E-state index is 12.7. The number of nitrogens with one attached hydrogen (secondary N) is 1. The molecule has 1 N–H and O–H groups in total. The van der Waals surface area contributed by atoms with Gasteiger partial charge in [0.05, 0.1) is 11.1 Å². The largest absolute Gasteiger partial charge is 0.366 e. The van der Waals surface area contributed by atoms with Gasteiger partial charge in [-0.05, 0) is 29.8 Å². The van der Waals surface area contributed by atoms with Crippen LogP contribution in [0.25, 0.3) is 0 Å². The third-order valence-electron chi connectivity index (χ3n) is 2.55. The first kappa shape index (κ1) is 13.5. The Hall–Kier alpha value is -1.95. The van der Waals surface area contributed by atoms with Gasteiger partial charge < -0.3 is 5.32 Å². The summed E-state index contributed by atoms with van der Waals surface area (Å²) in [6, 6.07) is 9.44. The zero-order valence-corrected chi connectivity index (χ0v) is 11.1. The smallest absolute Gasteiger partial charge is 0.175 e. The number of pyridine rings is 1. The summed E-state index contributed by atoms with van der Waals surface area (Å²) in [7, 11) is -3.17. The number of benzene rings is 1. The van der Waals surface area contributed by atoms with Crippen LogP contribution in [0.15, 0.2) is 47.5 Å². The van der Waals surface area contributed by atoms with Crippen molar-refractivity contribution in [3.63, 3.8) is 0 Å². The van der Waals surface area contributed by atoms with Gasteiger partial charge in [-0.15, -0.1) is 0 Å². The fourth-order valence-corrected chi connectivity index (χ4v) is 2.16. The first-order chi connectivity index (χ1) is 8.95. The summed E-state index contributed by atoms with van der Waals surface area (Å²) in [4.78, 5) is 4.16. The number of hydrogen-bond donors (Lipinski definition) is 1. The highest BCUT2D eigenvalue weighted by molar-refractivity contribution is 7.90. The zero-order valence-electron chi connectivity index (χ0n) is 10.3. The molecule has 0 aliphatic heterocycles. The number of rotatable bonds is 4. The van der Waals surface area contributed by atoms with Crippen molar-refractivity contribution in [2.75, 3.05) is 11.6 Å². The van der Waals surface area contributed by atoms with E-state index in [-0.39, 0.29) is 10.7 Å². The number of halogens is 1. The fourth-order valence-electron chi connectivity index (χ4n) is 1.53. The lowest BCUT2D eigenvalue weighted by atomic mass is 10.2. The van der Waals surface area contributed by atoms with Crippen molar-refractivity contribution >= 4 is 15.7 Å². The second kappa shape index (κ2) is 5.36. The van der Waals surface area contributed by atoms with Crippen molar-refractivity contribution in [3.05, 3.63) is 54.0 Å². The molecule has 4 nitrogen and oxygen atoms in total. The van der Waals surface area contributed by atoms with E-state index in [1.54, 1.807) is 30.3 Å². The lowest BCUT2D eigenvalue weighted by molar-refractivity contribution is 0.602. The number of anilines is 1. The molecular weight excluding hydrogens is 267 g/mol. The van der Waals surface area contributed by atoms with Crippen molar-refractivity contribution in [2.24, 2.45) is 0 Å². The summed E-state index contributed by atoms with van der Waals surface area (Å²) in [5, 5.41) is 3.02. The molecule has 0 bridgehead atoms. The maximum Gasteiger partial charge on any atom is 0.175 e. The average Bonchev–Trinajstić information content (AvgIpc) is 2.37. The number of sulfone groups is 1. The molecule has 0 aliphatic rings. The van der Waals surface area contributed by atoms with Gasteiger partial charge in [0.1, 0.15) is 11.6 Å². The molecular formula is C13H13FN2O2S. The van der Waals surface area contributed by atoms with E-state index in [0.717, 1.165) is 11.8 Å². The fraction of sp³-hybridized carbons (Fsp3) is 0.154. The lowest BCUT2D eigenvalue weighted by Gasteiger charge is -2.06. The Bertz CT molecular complexity index is 652. The van der Waals surface area contributed by atoms with Crippen LogP contribution < -0.4 is 5.32 Å². The average molecular weight is 280 g/mol. The summed E-state index contributed by atoms with van der Waals surface area (Å²) in [5.74, 6) is 0.177. The predicted molar refractivity (Wildman–Crippen MR) is 71.1 cm³/mol. The molecule has 6 heteroatoms. The van der Waals surface area contributed by atoms with Crippen LogP contribution in [0.2, 0.25) is 0 Å². The standard InChI is InChI=1S/C13H13FN2O2S/c1-19(17,18)12-5-2-10(3-6-12)8-15-13-7-4-11(14)9-16-13/h2-7,9H,8H2,1H3,(H,15,16). The van der Waals surface area contributed by atoms with Gasteiger partial charge in [0, 0.05) is 12.8 Å². The van der Waals surface area contributed by atoms with Crippen LogP contribution in [0.1, 0.15) is 5.56 Å². The molecule has 0 radical (unpaired) electrons. The Kier molecular flexibility index (Phi) is 3.80. The van der Waals surface area contributed by atoms with E-state index in [1.807, 2.05) is 0 Å². The molecule has 0 atom stereocenters. The number of aromatic nitrogens is 1. The number of hydrogen-bond acceptors (Lipinski definition) is 4. The summed E-state index contributed by atoms with van der Waals surface area (Å²) >= 11 is 0.